The van der Waals surface area contributed by atoms with Gasteiger partial charge in [0.1, 0.15) is 0 Å². The van der Waals surface area contributed by atoms with Crippen LogP contribution in [0.15, 0.2) is 24.4 Å². The second-order valence-corrected chi connectivity index (χ2v) is 3.15. The van der Waals surface area contributed by atoms with Crippen LogP contribution in [0.3, 0.4) is 0 Å². The van der Waals surface area contributed by atoms with Crippen LogP contribution < -0.4 is 0 Å². The second kappa shape index (κ2) is 4.15. The van der Waals surface area contributed by atoms with E-state index in [9.17, 15) is 4.79 Å². The Labute approximate surface area is 82.4 Å². The first kappa shape index (κ1) is 9.09. The van der Waals surface area contributed by atoms with Gasteiger partial charge >= 0.3 is 0 Å². The number of aldehydes is 1. The third-order valence-electron chi connectivity index (χ3n) is 2.21. The summed E-state index contributed by atoms with van der Waals surface area (Å²) in [5.41, 5.74) is 2.76. The van der Waals surface area contributed by atoms with Gasteiger partial charge in [0, 0.05) is 11.8 Å². The molecule has 1 aromatic heterocycles. The van der Waals surface area contributed by atoms with Crippen molar-refractivity contribution in [1.29, 1.82) is 0 Å². The maximum atomic E-state index is 10.4. The minimum absolute atomic E-state index is 0.612. The molecule has 0 aromatic carbocycles. The van der Waals surface area contributed by atoms with Crippen LogP contribution in [-0.2, 0) is 4.74 Å². The second-order valence-electron chi connectivity index (χ2n) is 3.15. The number of ether oxygens (including phenoxy) is 1. The van der Waals surface area contributed by atoms with Gasteiger partial charge in [0.15, 0.2) is 6.29 Å². The number of carbonyl (C=O) groups excluding carboxylic acids is 1. The third-order valence-corrected chi connectivity index (χ3v) is 2.21. The average molecular weight is 189 g/mol. The maximum Gasteiger partial charge on any atom is 0.151 e. The quantitative estimate of drug-likeness (QED) is 0.665. The molecule has 0 fully saturated rings. The van der Waals surface area contributed by atoms with Gasteiger partial charge in [-0.25, -0.2) is 0 Å². The van der Waals surface area contributed by atoms with Gasteiger partial charge in [-0.3, -0.25) is 9.78 Å². The van der Waals surface area contributed by atoms with Gasteiger partial charge in [-0.05, 0) is 24.1 Å². The molecule has 2 heterocycles. The molecule has 1 aliphatic rings. The summed E-state index contributed by atoms with van der Waals surface area (Å²) in [6, 6.07) is 3.66. The number of hydrogen-bond acceptors (Lipinski definition) is 3. The van der Waals surface area contributed by atoms with Crippen LogP contribution in [0.1, 0.15) is 22.5 Å². The van der Waals surface area contributed by atoms with E-state index in [4.69, 9.17) is 4.74 Å². The van der Waals surface area contributed by atoms with E-state index in [1.807, 2.05) is 12.1 Å². The summed E-state index contributed by atoms with van der Waals surface area (Å²) in [4.78, 5) is 14.6. The lowest BCUT2D eigenvalue weighted by Gasteiger charge is -2.12. The van der Waals surface area contributed by atoms with Crippen LogP contribution in [-0.4, -0.2) is 24.5 Å². The lowest BCUT2D eigenvalue weighted by Crippen LogP contribution is -2.04. The summed E-state index contributed by atoms with van der Waals surface area (Å²) >= 11 is 0. The van der Waals surface area contributed by atoms with Crippen molar-refractivity contribution in [1.82, 2.24) is 4.98 Å². The summed E-state index contributed by atoms with van der Waals surface area (Å²) in [7, 11) is 0. The Kier molecular flexibility index (Phi) is 2.70. The van der Waals surface area contributed by atoms with E-state index in [1.165, 1.54) is 5.57 Å². The highest BCUT2D eigenvalue weighted by molar-refractivity contribution is 5.75. The molecule has 0 amide bonds. The summed E-state index contributed by atoms with van der Waals surface area (Å²) in [6.07, 6.45) is 5.33. The Hall–Kier alpha value is -1.48. The molecule has 0 aliphatic carbocycles. The van der Waals surface area contributed by atoms with E-state index >= 15 is 0 Å². The van der Waals surface area contributed by atoms with E-state index < -0.39 is 0 Å². The molecule has 1 aliphatic heterocycles. The van der Waals surface area contributed by atoms with Gasteiger partial charge < -0.3 is 4.74 Å². The zero-order chi connectivity index (χ0) is 9.80. The van der Waals surface area contributed by atoms with E-state index in [0.717, 1.165) is 25.0 Å². The molecule has 1 aromatic rings. The average Bonchev–Trinajstić information content (AvgIpc) is 2.30. The highest BCUT2D eigenvalue weighted by Gasteiger charge is 2.06. The molecular formula is C11H11NO2. The Morgan fingerprint density at radius 1 is 1.43 bits per heavy atom. The maximum absolute atomic E-state index is 10.4. The molecule has 14 heavy (non-hydrogen) atoms. The monoisotopic (exact) mass is 189 g/mol. The van der Waals surface area contributed by atoms with E-state index in [0.29, 0.717) is 12.2 Å². The Morgan fingerprint density at radius 2 is 2.36 bits per heavy atom. The molecule has 2 rings (SSSR count). The normalized spacial score (nSPS) is 16.1. The number of nitrogens with zero attached hydrogens (tertiary/aromatic N) is 1. The minimum Gasteiger partial charge on any atom is -0.377 e. The number of rotatable bonds is 2. The Bertz CT molecular complexity index is 354. The van der Waals surface area contributed by atoms with Crippen LogP contribution in [0.2, 0.25) is 0 Å². The van der Waals surface area contributed by atoms with Crippen LogP contribution >= 0.6 is 0 Å². The van der Waals surface area contributed by atoms with Crippen LogP contribution in [0, 0.1) is 0 Å². The molecule has 3 nitrogen and oxygen atoms in total. The van der Waals surface area contributed by atoms with E-state index in [1.54, 1.807) is 12.3 Å². The summed E-state index contributed by atoms with van der Waals surface area (Å²) in [6.45, 7) is 1.41. The molecular weight excluding hydrogens is 178 g/mol. The van der Waals surface area contributed by atoms with Gasteiger partial charge in [0.25, 0.3) is 0 Å². The smallest absolute Gasteiger partial charge is 0.151 e. The zero-order valence-electron chi connectivity index (χ0n) is 7.77. The fourth-order valence-electron chi connectivity index (χ4n) is 1.42. The van der Waals surface area contributed by atoms with Gasteiger partial charge in [-0.2, -0.15) is 0 Å². The summed E-state index contributed by atoms with van der Waals surface area (Å²) in [5.74, 6) is 0. The van der Waals surface area contributed by atoms with E-state index in [2.05, 4.69) is 4.98 Å². The molecule has 0 N–H and O–H groups in total. The van der Waals surface area contributed by atoms with Crippen molar-refractivity contribution in [3.8, 4) is 0 Å². The molecule has 0 spiro atoms. The summed E-state index contributed by atoms with van der Waals surface area (Å²) in [5, 5.41) is 0. The molecule has 0 bridgehead atoms. The minimum atomic E-state index is 0.612. The Morgan fingerprint density at radius 3 is 2.93 bits per heavy atom. The first-order valence-electron chi connectivity index (χ1n) is 4.58. The third kappa shape index (κ3) is 1.88. The van der Waals surface area contributed by atoms with Crippen molar-refractivity contribution >= 4 is 11.9 Å². The number of pyridine rings is 1. The van der Waals surface area contributed by atoms with Crippen molar-refractivity contribution in [3.63, 3.8) is 0 Å². The van der Waals surface area contributed by atoms with Crippen molar-refractivity contribution in [2.75, 3.05) is 13.2 Å². The highest BCUT2D eigenvalue weighted by atomic mass is 16.5. The number of aromatic nitrogens is 1. The van der Waals surface area contributed by atoms with Gasteiger partial charge in [0.2, 0.25) is 0 Å². The van der Waals surface area contributed by atoms with Gasteiger partial charge in [-0.1, -0.05) is 6.08 Å². The Balaban J connectivity index is 2.23. The van der Waals surface area contributed by atoms with Crippen LogP contribution in [0.25, 0.3) is 5.57 Å². The predicted molar refractivity (Wildman–Crippen MR) is 53.0 cm³/mol. The molecule has 0 unspecified atom stereocenters. The lowest BCUT2D eigenvalue weighted by molar-refractivity contribution is 0.112. The van der Waals surface area contributed by atoms with Crippen molar-refractivity contribution in [2.24, 2.45) is 0 Å². The molecule has 0 saturated carbocycles. The number of hydrogen-bond donors (Lipinski definition) is 0. The van der Waals surface area contributed by atoms with E-state index in [-0.39, 0.29) is 0 Å². The number of carbonyl (C=O) groups is 1. The standard InChI is InChI=1S/C11H11NO2/c13-8-9-1-2-11(12-7-9)10-3-5-14-6-4-10/h1-3,7-8H,4-6H2. The molecule has 72 valence electrons. The zero-order valence-corrected chi connectivity index (χ0v) is 7.77. The lowest BCUT2D eigenvalue weighted by atomic mass is 10.1. The van der Waals surface area contributed by atoms with Crippen molar-refractivity contribution < 1.29 is 9.53 Å². The predicted octanol–water partition coefficient (Wildman–Crippen LogP) is 1.70. The molecule has 0 radical (unpaired) electrons. The molecule has 0 saturated heterocycles. The largest absolute Gasteiger partial charge is 0.377 e. The van der Waals surface area contributed by atoms with Crippen molar-refractivity contribution in [2.45, 2.75) is 6.42 Å². The van der Waals surface area contributed by atoms with Crippen LogP contribution in [0.4, 0.5) is 0 Å². The van der Waals surface area contributed by atoms with Crippen LogP contribution in [0.5, 0.6) is 0 Å². The first-order chi connectivity index (χ1) is 6.90. The van der Waals surface area contributed by atoms with Crippen molar-refractivity contribution in [3.05, 3.63) is 35.7 Å². The van der Waals surface area contributed by atoms with Gasteiger partial charge in [0.05, 0.1) is 18.9 Å². The topological polar surface area (TPSA) is 39.2 Å². The molecule has 3 heteroatoms. The van der Waals surface area contributed by atoms with Gasteiger partial charge in [-0.15, -0.1) is 0 Å². The molecule has 0 atom stereocenters. The first-order valence-corrected chi connectivity index (χ1v) is 4.58. The highest BCUT2D eigenvalue weighted by Crippen LogP contribution is 2.18. The SMILES string of the molecule is O=Cc1ccc(C2=CCOCC2)nc1. The fourth-order valence-corrected chi connectivity index (χ4v) is 1.42. The summed E-state index contributed by atoms with van der Waals surface area (Å²) < 4.78 is 5.21. The fraction of sp³-hybridized carbons (Fsp3) is 0.273.